The third-order valence-electron chi connectivity index (χ3n) is 3.70. The Morgan fingerprint density at radius 1 is 1.37 bits per heavy atom. The van der Waals surface area contributed by atoms with Crippen LogP contribution in [-0.4, -0.2) is 11.6 Å². The van der Waals surface area contributed by atoms with E-state index in [0.29, 0.717) is 0 Å². The third kappa shape index (κ3) is 2.43. The molecule has 0 spiro atoms. The summed E-state index contributed by atoms with van der Waals surface area (Å²) in [5.41, 5.74) is 3.87. The van der Waals surface area contributed by atoms with Gasteiger partial charge in [0.1, 0.15) is 0 Å². The highest BCUT2D eigenvalue weighted by molar-refractivity contribution is 5.63. The molecule has 0 aliphatic carbocycles. The van der Waals surface area contributed by atoms with E-state index in [9.17, 15) is 0 Å². The molecule has 3 heteroatoms. The first kappa shape index (κ1) is 12.4. The van der Waals surface area contributed by atoms with Gasteiger partial charge in [0.05, 0.1) is 12.3 Å². The largest absolute Gasteiger partial charge is 0.444 e. The molecule has 2 heterocycles. The van der Waals surface area contributed by atoms with Gasteiger partial charge in [-0.25, -0.2) is 4.98 Å². The van der Waals surface area contributed by atoms with Crippen molar-refractivity contribution in [2.45, 2.75) is 38.7 Å². The van der Waals surface area contributed by atoms with Gasteiger partial charge in [-0.2, -0.15) is 0 Å². The summed E-state index contributed by atoms with van der Waals surface area (Å²) in [5, 5.41) is 0. The highest BCUT2D eigenvalue weighted by Crippen LogP contribution is 2.35. The number of rotatable bonds is 3. The molecule has 3 rings (SSSR count). The molecule has 0 N–H and O–H groups in total. The SMILES string of the molecule is CCC[C@H]1OCCCc2c(-c3cnco3)cccc21. The van der Waals surface area contributed by atoms with Crippen molar-refractivity contribution in [3.8, 4) is 11.3 Å². The number of fused-ring (bicyclic) bond motifs is 1. The summed E-state index contributed by atoms with van der Waals surface area (Å²) in [4.78, 5) is 4.03. The van der Waals surface area contributed by atoms with Crippen LogP contribution < -0.4 is 0 Å². The average molecular weight is 257 g/mol. The zero-order valence-electron chi connectivity index (χ0n) is 11.3. The first-order valence-electron chi connectivity index (χ1n) is 7.02. The molecule has 0 amide bonds. The molecule has 1 aromatic carbocycles. The minimum atomic E-state index is 0.227. The Morgan fingerprint density at radius 3 is 3.11 bits per heavy atom. The molecule has 2 aromatic rings. The highest BCUT2D eigenvalue weighted by atomic mass is 16.5. The summed E-state index contributed by atoms with van der Waals surface area (Å²) < 4.78 is 11.5. The number of oxazole rings is 1. The molecule has 1 aliphatic heterocycles. The van der Waals surface area contributed by atoms with Crippen molar-refractivity contribution < 1.29 is 9.15 Å². The van der Waals surface area contributed by atoms with Crippen LogP contribution in [0, 0.1) is 0 Å². The quantitative estimate of drug-likeness (QED) is 0.828. The van der Waals surface area contributed by atoms with Crippen LogP contribution in [0.15, 0.2) is 35.2 Å². The van der Waals surface area contributed by atoms with Crippen molar-refractivity contribution in [1.82, 2.24) is 4.98 Å². The van der Waals surface area contributed by atoms with Crippen LogP contribution in [0.4, 0.5) is 0 Å². The first-order chi connectivity index (χ1) is 9.40. The van der Waals surface area contributed by atoms with Crippen LogP contribution in [0.5, 0.6) is 0 Å². The van der Waals surface area contributed by atoms with E-state index < -0.39 is 0 Å². The molecular weight excluding hydrogens is 238 g/mol. The van der Waals surface area contributed by atoms with Crippen molar-refractivity contribution in [3.63, 3.8) is 0 Å². The molecule has 0 saturated heterocycles. The van der Waals surface area contributed by atoms with E-state index >= 15 is 0 Å². The maximum atomic E-state index is 6.00. The summed E-state index contributed by atoms with van der Waals surface area (Å²) in [6.07, 6.45) is 7.83. The lowest BCUT2D eigenvalue weighted by molar-refractivity contribution is 0.0501. The fourth-order valence-corrected chi connectivity index (χ4v) is 2.83. The van der Waals surface area contributed by atoms with Gasteiger partial charge in [0.15, 0.2) is 12.2 Å². The molecule has 19 heavy (non-hydrogen) atoms. The summed E-state index contributed by atoms with van der Waals surface area (Å²) in [7, 11) is 0. The molecule has 0 radical (unpaired) electrons. The van der Waals surface area contributed by atoms with Crippen LogP contribution in [0.1, 0.15) is 43.4 Å². The van der Waals surface area contributed by atoms with E-state index in [1.165, 1.54) is 23.1 Å². The molecule has 0 bridgehead atoms. The van der Waals surface area contributed by atoms with Gasteiger partial charge in [-0.15, -0.1) is 0 Å². The van der Waals surface area contributed by atoms with Crippen molar-refractivity contribution >= 4 is 0 Å². The number of nitrogens with zero attached hydrogens (tertiary/aromatic N) is 1. The van der Waals surface area contributed by atoms with Crippen molar-refractivity contribution in [1.29, 1.82) is 0 Å². The number of benzene rings is 1. The van der Waals surface area contributed by atoms with E-state index in [1.807, 2.05) is 0 Å². The van der Waals surface area contributed by atoms with E-state index in [1.54, 1.807) is 6.20 Å². The molecule has 100 valence electrons. The lowest BCUT2D eigenvalue weighted by Crippen LogP contribution is -2.04. The Balaban J connectivity index is 2.07. The topological polar surface area (TPSA) is 35.3 Å². The van der Waals surface area contributed by atoms with Gasteiger partial charge in [-0.05, 0) is 30.4 Å². The van der Waals surface area contributed by atoms with Gasteiger partial charge >= 0.3 is 0 Å². The van der Waals surface area contributed by atoms with Crippen molar-refractivity contribution in [3.05, 3.63) is 41.9 Å². The summed E-state index contributed by atoms with van der Waals surface area (Å²) in [5.74, 6) is 0.856. The van der Waals surface area contributed by atoms with E-state index in [2.05, 4.69) is 30.1 Å². The third-order valence-corrected chi connectivity index (χ3v) is 3.70. The summed E-state index contributed by atoms with van der Waals surface area (Å²) in [6.45, 7) is 3.05. The lowest BCUT2D eigenvalue weighted by atomic mass is 9.92. The number of aromatic nitrogens is 1. The van der Waals surface area contributed by atoms with Crippen molar-refractivity contribution in [2.24, 2.45) is 0 Å². The second-order valence-electron chi connectivity index (χ2n) is 4.99. The Hall–Kier alpha value is -1.61. The minimum Gasteiger partial charge on any atom is -0.444 e. The second kappa shape index (κ2) is 5.57. The molecule has 0 unspecified atom stereocenters. The average Bonchev–Trinajstić information content (AvgIpc) is 2.89. The monoisotopic (exact) mass is 257 g/mol. The fourth-order valence-electron chi connectivity index (χ4n) is 2.83. The predicted molar refractivity (Wildman–Crippen MR) is 73.9 cm³/mol. The molecule has 0 fully saturated rings. The van der Waals surface area contributed by atoms with Gasteiger partial charge in [0.2, 0.25) is 0 Å². The highest BCUT2D eigenvalue weighted by Gasteiger charge is 2.21. The second-order valence-corrected chi connectivity index (χ2v) is 4.99. The molecule has 1 atom stereocenters. The van der Waals surface area contributed by atoms with Gasteiger partial charge in [0, 0.05) is 12.2 Å². The van der Waals surface area contributed by atoms with Crippen LogP contribution >= 0.6 is 0 Å². The van der Waals surface area contributed by atoms with Crippen molar-refractivity contribution in [2.75, 3.05) is 6.61 Å². The van der Waals surface area contributed by atoms with Crippen LogP contribution in [0.2, 0.25) is 0 Å². The predicted octanol–water partition coefficient (Wildman–Crippen LogP) is 4.15. The molecule has 1 aromatic heterocycles. The number of ether oxygens (including phenoxy) is 1. The first-order valence-corrected chi connectivity index (χ1v) is 7.02. The van der Waals surface area contributed by atoms with Crippen LogP contribution in [0.25, 0.3) is 11.3 Å². The smallest absolute Gasteiger partial charge is 0.181 e. The fraction of sp³-hybridized carbons (Fsp3) is 0.438. The van der Waals surface area contributed by atoms with Gasteiger partial charge < -0.3 is 9.15 Å². The molecule has 3 nitrogen and oxygen atoms in total. The zero-order valence-corrected chi connectivity index (χ0v) is 11.3. The van der Waals surface area contributed by atoms with Gasteiger partial charge in [-0.3, -0.25) is 0 Å². The Kier molecular flexibility index (Phi) is 3.65. The zero-order chi connectivity index (χ0) is 13.1. The Labute approximate surface area is 113 Å². The van der Waals surface area contributed by atoms with Crippen LogP contribution in [-0.2, 0) is 11.2 Å². The normalized spacial score (nSPS) is 18.9. The Morgan fingerprint density at radius 2 is 2.32 bits per heavy atom. The standard InChI is InChI=1S/C16H19NO2/c1-2-5-15-13-6-3-7-14(16-10-17-11-19-16)12(13)8-4-9-18-15/h3,6-7,10-11,15H,2,4-5,8-9H2,1H3/t15-/m1/s1. The minimum absolute atomic E-state index is 0.227. The molecular formula is C16H19NO2. The summed E-state index contributed by atoms with van der Waals surface area (Å²) >= 11 is 0. The van der Waals surface area contributed by atoms with E-state index in [4.69, 9.17) is 9.15 Å². The molecule has 1 aliphatic rings. The van der Waals surface area contributed by atoms with E-state index in [-0.39, 0.29) is 6.10 Å². The Bertz CT molecular complexity index is 534. The number of hydrogen-bond acceptors (Lipinski definition) is 3. The summed E-state index contributed by atoms with van der Waals surface area (Å²) in [6, 6.07) is 6.41. The van der Waals surface area contributed by atoms with E-state index in [0.717, 1.165) is 38.1 Å². The van der Waals surface area contributed by atoms with Gasteiger partial charge in [0.25, 0.3) is 0 Å². The maximum absolute atomic E-state index is 6.00. The van der Waals surface area contributed by atoms with Gasteiger partial charge in [-0.1, -0.05) is 31.5 Å². The maximum Gasteiger partial charge on any atom is 0.181 e. The van der Waals surface area contributed by atoms with Crippen LogP contribution in [0.3, 0.4) is 0 Å². The number of hydrogen-bond donors (Lipinski definition) is 0. The molecule has 0 saturated carbocycles. The lowest BCUT2D eigenvalue weighted by Gasteiger charge is -2.18.